The molecule has 4 rings (SSSR count). The Morgan fingerprint density at radius 2 is 1.47 bits per heavy atom. The number of nitrogens with zero attached hydrogens (tertiary/aromatic N) is 4. The van der Waals surface area contributed by atoms with Crippen molar-refractivity contribution in [1.29, 1.82) is 0 Å². The van der Waals surface area contributed by atoms with E-state index in [-0.39, 0.29) is 33.2 Å². The molecule has 2 aromatic carbocycles. The number of para-hydroxylation sites is 1. The number of benzene rings is 2. The van der Waals surface area contributed by atoms with Crippen molar-refractivity contribution in [2.24, 2.45) is 0 Å². The Morgan fingerprint density at radius 3 is 2.09 bits per heavy atom. The zero-order valence-corrected chi connectivity index (χ0v) is 18.0. The minimum atomic E-state index is -4.99. The highest BCUT2D eigenvalue weighted by atomic mass is 35.5. The van der Waals surface area contributed by atoms with Gasteiger partial charge in [-0.25, -0.2) is 4.98 Å². The molecule has 0 unspecified atom stereocenters. The molecule has 6 nitrogen and oxygen atoms in total. The van der Waals surface area contributed by atoms with Crippen LogP contribution in [0.5, 0.6) is 11.8 Å². The van der Waals surface area contributed by atoms with Crippen molar-refractivity contribution in [3.63, 3.8) is 0 Å². The molecule has 14 heteroatoms. The smallest absolute Gasteiger partial charge is 0.416 e. The quantitative estimate of drug-likeness (QED) is 0.229. The molecule has 0 aliphatic heterocycles. The van der Waals surface area contributed by atoms with Crippen molar-refractivity contribution in [3.05, 3.63) is 70.9 Å². The monoisotopic (exact) mass is 517 g/mol. The molecule has 0 bridgehead atoms. The van der Waals surface area contributed by atoms with Crippen molar-refractivity contribution in [2.45, 2.75) is 22.5 Å². The zero-order chi connectivity index (χ0) is 24.5. The van der Waals surface area contributed by atoms with E-state index in [1.54, 1.807) is 30.3 Å². The highest BCUT2D eigenvalue weighted by molar-refractivity contribution is 7.99. The SMILES string of the molecule is FC(F)(F)c1cc(-c2n[nH]c(Sc3cc(Cl)nc(Oc4ccccc4)n3)n2)cc(C(F)(F)F)c1. The number of H-pyrrole nitrogens is 1. The second-order valence-corrected chi connectivity index (χ2v) is 7.98. The average molecular weight is 518 g/mol. The number of ether oxygens (including phenoxy) is 1. The molecule has 34 heavy (non-hydrogen) atoms. The summed E-state index contributed by atoms with van der Waals surface area (Å²) in [6.45, 7) is 0. The first-order valence-electron chi connectivity index (χ1n) is 9.15. The first kappa shape index (κ1) is 23.8. The highest BCUT2D eigenvalue weighted by Crippen LogP contribution is 2.38. The zero-order valence-electron chi connectivity index (χ0n) is 16.4. The van der Waals surface area contributed by atoms with Gasteiger partial charge < -0.3 is 4.74 Å². The molecular formula is C20H10ClF6N5OS. The Morgan fingerprint density at radius 1 is 0.824 bits per heavy atom. The third kappa shape index (κ3) is 5.78. The molecule has 0 atom stereocenters. The Kier molecular flexibility index (Phi) is 6.41. The fraction of sp³-hybridized carbons (Fsp3) is 0.100. The van der Waals surface area contributed by atoms with Gasteiger partial charge in [-0.2, -0.15) is 41.4 Å². The summed E-state index contributed by atoms with van der Waals surface area (Å²) in [5.74, 6) is 0.0905. The van der Waals surface area contributed by atoms with Crippen LogP contribution in [0, 0.1) is 0 Å². The summed E-state index contributed by atoms with van der Waals surface area (Å²) in [6.07, 6.45) is -9.98. The van der Waals surface area contributed by atoms with Crippen molar-refractivity contribution in [1.82, 2.24) is 25.1 Å². The second kappa shape index (κ2) is 9.14. The van der Waals surface area contributed by atoms with Gasteiger partial charge in [0.15, 0.2) is 11.0 Å². The third-order valence-corrected chi connectivity index (χ3v) is 5.10. The van der Waals surface area contributed by atoms with Gasteiger partial charge in [0.05, 0.1) is 11.1 Å². The predicted molar refractivity (Wildman–Crippen MR) is 110 cm³/mol. The van der Waals surface area contributed by atoms with Crippen LogP contribution in [0.1, 0.15) is 11.1 Å². The molecule has 0 aliphatic carbocycles. The topological polar surface area (TPSA) is 76.6 Å². The van der Waals surface area contributed by atoms with Crippen LogP contribution in [-0.4, -0.2) is 25.1 Å². The van der Waals surface area contributed by atoms with Crippen LogP contribution >= 0.6 is 23.4 Å². The lowest BCUT2D eigenvalue weighted by Crippen LogP contribution is -2.11. The number of hydrogen-bond donors (Lipinski definition) is 1. The van der Waals surface area contributed by atoms with E-state index in [2.05, 4.69) is 25.1 Å². The van der Waals surface area contributed by atoms with Gasteiger partial charge in [-0.1, -0.05) is 29.8 Å². The Labute approximate surface area is 196 Å². The van der Waals surface area contributed by atoms with E-state index in [9.17, 15) is 26.3 Å². The molecular weight excluding hydrogens is 508 g/mol. The summed E-state index contributed by atoms with van der Waals surface area (Å²) in [7, 11) is 0. The van der Waals surface area contributed by atoms with Gasteiger partial charge in [-0.15, -0.1) is 0 Å². The molecule has 2 heterocycles. The van der Waals surface area contributed by atoms with Crippen LogP contribution in [0.3, 0.4) is 0 Å². The number of nitrogens with one attached hydrogen (secondary N) is 1. The van der Waals surface area contributed by atoms with E-state index < -0.39 is 29.0 Å². The first-order chi connectivity index (χ1) is 16.0. The van der Waals surface area contributed by atoms with Crippen LogP contribution in [0.25, 0.3) is 11.4 Å². The maximum absolute atomic E-state index is 13.1. The number of hydrogen-bond acceptors (Lipinski definition) is 6. The van der Waals surface area contributed by atoms with Crippen LogP contribution < -0.4 is 4.74 Å². The first-order valence-corrected chi connectivity index (χ1v) is 10.3. The minimum absolute atomic E-state index is 0.0307. The molecule has 0 aliphatic rings. The van der Waals surface area contributed by atoms with Gasteiger partial charge in [0.25, 0.3) is 0 Å². The number of aromatic nitrogens is 5. The molecule has 0 spiro atoms. The van der Waals surface area contributed by atoms with E-state index in [1.165, 1.54) is 6.07 Å². The van der Waals surface area contributed by atoms with E-state index in [0.717, 1.165) is 11.8 Å². The maximum Gasteiger partial charge on any atom is 0.416 e. The highest BCUT2D eigenvalue weighted by Gasteiger charge is 2.37. The number of rotatable bonds is 5. The lowest BCUT2D eigenvalue weighted by molar-refractivity contribution is -0.143. The summed E-state index contributed by atoms with van der Waals surface area (Å²) in [4.78, 5) is 12.1. The van der Waals surface area contributed by atoms with Gasteiger partial charge in [-0.05, 0) is 42.1 Å². The molecule has 0 saturated heterocycles. The Balaban J connectivity index is 1.61. The van der Waals surface area contributed by atoms with Crippen molar-refractivity contribution < 1.29 is 31.1 Å². The molecule has 0 radical (unpaired) electrons. The molecule has 2 aromatic heterocycles. The molecule has 1 N–H and O–H groups in total. The van der Waals surface area contributed by atoms with E-state index >= 15 is 0 Å². The average Bonchev–Trinajstić information content (AvgIpc) is 3.21. The summed E-state index contributed by atoms with van der Waals surface area (Å²) >= 11 is 6.87. The summed E-state index contributed by atoms with van der Waals surface area (Å²) < 4.78 is 84.2. The largest absolute Gasteiger partial charge is 0.424 e. The Hall–Kier alpha value is -3.32. The minimum Gasteiger partial charge on any atom is -0.424 e. The summed E-state index contributed by atoms with van der Waals surface area (Å²) in [5, 5.41) is 6.52. The van der Waals surface area contributed by atoms with Gasteiger partial charge >= 0.3 is 18.4 Å². The van der Waals surface area contributed by atoms with E-state index in [1.807, 2.05) is 0 Å². The van der Waals surface area contributed by atoms with Gasteiger partial charge in [0.1, 0.15) is 15.9 Å². The van der Waals surface area contributed by atoms with E-state index in [4.69, 9.17) is 16.3 Å². The molecule has 0 fully saturated rings. The van der Waals surface area contributed by atoms with Crippen LogP contribution in [0.4, 0.5) is 26.3 Å². The van der Waals surface area contributed by atoms with Crippen LogP contribution in [0.2, 0.25) is 5.15 Å². The summed E-state index contributed by atoms with van der Waals surface area (Å²) in [5.41, 5.74) is -3.40. The second-order valence-electron chi connectivity index (χ2n) is 6.59. The predicted octanol–water partition coefficient (Wildman–Crippen LogP) is 6.90. The fourth-order valence-corrected chi connectivity index (χ4v) is 3.63. The molecule has 0 saturated carbocycles. The standard InChI is InChI=1S/C20H10ClF6N5OS/c21-14-9-15(29-17(28-14)33-13-4-2-1-3-5-13)34-18-30-16(31-32-18)10-6-11(19(22,23)24)8-12(7-10)20(25,26)27/h1-9H,(H,30,31,32). The molecule has 176 valence electrons. The number of halogens is 7. The maximum atomic E-state index is 13.1. The third-order valence-electron chi connectivity index (χ3n) is 4.12. The van der Waals surface area contributed by atoms with Crippen LogP contribution in [0.15, 0.2) is 64.8 Å². The van der Waals surface area contributed by atoms with Crippen LogP contribution in [-0.2, 0) is 12.4 Å². The summed E-state index contributed by atoms with van der Waals surface area (Å²) in [6, 6.07) is 11.0. The fourth-order valence-electron chi connectivity index (χ4n) is 2.67. The van der Waals surface area contributed by atoms with Gasteiger partial charge in [0, 0.05) is 11.6 Å². The van der Waals surface area contributed by atoms with Crippen molar-refractivity contribution in [2.75, 3.05) is 0 Å². The normalized spacial score (nSPS) is 12.1. The molecule has 4 aromatic rings. The van der Waals surface area contributed by atoms with E-state index in [0.29, 0.717) is 17.9 Å². The van der Waals surface area contributed by atoms with Gasteiger partial charge in [-0.3, -0.25) is 5.10 Å². The number of alkyl halides is 6. The Bertz CT molecular complexity index is 1280. The number of aromatic amines is 1. The van der Waals surface area contributed by atoms with Crippen molar-refractivity contribution in [3.8, 4) is 23.1 Å². The van der Waals surface area contributed by atoms with Crippen molar-refractivity contribution >= 4 is 23.4 Å². The molecule has 0 amide bonds. The lowest BCUT2D eigenvalue weighted by atomic mass is 10.0. The lowest BCUT2D eigenvalue weighted by Gasteiger charge is -2.13. The van der Waals surface area contributed by atoms with Gasteiger partial charge in [0.2, 0.25) is 0 Å².